The average Bonchev–Trinajstić information content (AvgIpc) is 1.86. The summed E-state index contributed by atoms with van der Waals surface area (Å²) in [4.78, 5) is 2.30. The van der Waals surface area contributed by atoms with E-state index in [0.717, 1.165) is 24.6 Å². The second-order valence-electron chi connectivity index (χ2n) is 4.06. The van der Waals surface area contributed by atoms with E-state index in [9.17, 15) is 4.21 Å². The van der Waals surface area contributed by atoms with Crippen molar-refractivity contribution in [3.05, 3.63) is 0 Å². The number of hydrogen-bond acceptors (Lipinski definition) is 2. The zero-order chi connectivity index (χ0) is 8.48. The van der Waals surface area contributed by atoms with Crippen LogP contribution < -0.4 is 0 Å². The molecular formula is C8H17NOS. The van der Waals surface area contributed by atoms with E-state index in [4.69, 9.17) is 0 Å². The Hall–Kier alpha value is 0.110. The van der Waals surface area contributed by atoms with Gasteiger partial charge in [0.1, 0.15) is 0 Å². The Labute approximate surface area is 71.4 Å². The smallest absolute Gasteiger partial charge is 0.0751 e. The molecule has 0 aromatic carbocycles. The first-order valence-corrected chi connectivity index (χ1v) is 5.59. The molecule has 0 bridgehead atoms. The second kappa shape index (κ2) is 3.23. The fourth-order valence-electron chi connectivity index (χ4n) is 1.25. The number of nitrogens with zero attached hydrogens (tertiary/aromatic N) is 1. The first kappa shape index (κ1) is 9.20. The Morgan fingerprint density at radius 1 is 1.36 bits per heavy atom. The average molecular weight is 175 g/mol. The molecule has 0 aliphatic carbocycles. The van der Waals surface area contributed by atoms with Crippen molar-refractivity contribution in [2.45, 2.75) is 32.7 Å². The van der Waals surface area contributed by atoms with Gasteiger partial charge in [-0.05, 0) is 27.2 Å². The molecule has 1 fully saturated rings. The van der Waals surface area contributed by atoms with E-state index < -0.39 is 10.8 Å². The molecule has 1 saturated heterocycles. The minimum atomic E-state index is -0.591. The number of rotatable bonds is 0. The molecule has 1 aliphatic heterocycles. The lowest BCUT2D eigenvalue weighted by Gasteiger charge is -2.37. The zero-order valence-corrected chi connectivity index (χ0v) is 8.41. The third-order valence-electron chi connectivity index (χ3n) is 2.05. The van der Waals surface area contributed by atoms with Crippen LogP contribution in [0.1, 0.15) is 27.2 Å². The quantitative estimate of drug-likeness (QED) is 0.551. The molecule has 0 saturated carbocycles. The molecule has 1 rings (SSSR count). The van der Waals surface area contributed by atoms with E-state index in [1.807, 2.05) is 0 Å². The van der Waals surface area contributed by atoms with E-state index >= 15 is 0 Å². The molecule has 1 aliphatic rings. The van der Waals surface area contributed by atoms with Crippen molar-refractivity contribution in [3.8, 4) is 0 Å². The van der Waals surface area contributed by atoms with Gasteiger partial charge < -0.3 is 0 Å². The van der Waals surface area contributed by atoms with Gasteiger partial charge in [-0.3, -0.25) is 9.11 Å². The van der Waals surface area contributed by atoms with E-state index in [0.29, 0.717) is 0 Å². The van der Waals surface area contributed by atoms with Crippen LogP contribution in [0.2, 0.25) is 0 Å². The van der Waals surface area contributed by atoms with Crippen LogP contribution in [-0.2, 0) is 10.8 Å². The van der Waals surface area contributed by atoms with Gasteiger partial charge in [-0.2, -0.15) is 0 Å². The van der Waals surface area contributed by atoms with Gasteiger partial charge >= 0.3 is 0 Å². The van der Waals surface area contributed by atoms with Gasteiger partial charge in [0.15, 0.2) is 0 Å². The monoisotopic (exact) mass is 175 g/mol. The molecule has 2 nitrogen and oxygen atoms in total. The van der Waals surface area contributed by atoms with Crippen molar-refractivity contribution in [3.63, 3.8) is 0 Å². The van der Waals surface area contributed by atoms with Crippen LogP contribution in [0.3, 0.4) is 0 Å². The van der Waals surface area contributed by atoms with Crippen molar-refractivity contribution < 1.29 is 4.21 Å². The minimum absolute atomic E-state index is 0.191. The second-order valence-corrected chi connectivity index (χ2v) is 5.61. The van der Waals surface area contributed by atoms with E-state index in [1.165, 1.54) is 0 Å². The van der Waals surface area contributed by atoms with Gasteiger partial charge in [-0.25, -0.2) is 0 Å². The van der Waals surface area contributed by atoms with E-state index in [1.54, 1.807) is 0 Å². The van der Waals surface area contributed by atoms with Crippen LogP contribution >= 0.6 is 0 Å². The largest absolute Gasteiger partial charge is 0.287 e. The third kappa shape index (κ3) is 2.56. The molecule has 1 heterocycles. The normalized spacial score (nSPS) is 28.8. The van der Waals surface area contributed by atoms with Gasteiger partial charge in [-0.1, -0.05) is 0 Å². The Morgan fingerprint density at radius 3 is 2.36 bits per heavy atom. The zero-order valence-electron chi connectivity index (χ0n) is 7.59. The molecule has 3 heteroatoms. The van der Waals surface area contributed by atoms with Crippen LogP contribution in [0.15, 0.2) is 0 Å². The maximum absolute atomic E-state index is 11.2. The fraction of sp³-hybridized carbons (Fsp3) is 1.00. The molecule has 0 radical (unpaired) electrons. The summed E-state index contributed by atoms with van der Waals surface area (Å²) < 4.78 is 11.2. The lowest BCUT2D eigenvalue weighted by atomic mass is 10.1. The lowest BCUT2D eigenvalue weighted by molar-refractivity contribution is 0.160. The molecule has 0 spiro atoms. The highest BCUT2D eigenvalue weighted by atomic mass is 32.2. The maximum atomic E-state index is 11.2. The molecule has 1 atom stereocenters. The molecule has 66 valence electrons. The molecule has 11 heavy (non-hydrogen) atoms. The summed E-state index contributed by atoms with van der Waals surface area (Å²) in [6.45, 7) is 7.63. The predicted octanol–water partition coefficient (Wildman–Crippen LogP) is 1.20. The van der Waals surface area contributed by atoms with Crippen molar-refractivity contribution in [2.24, 2.45) is 0 Å². The highest BCUT2D eigenvalue weighted by molar-refractivity contribution is 7.84. The molecule has 0 amide bonds. The van der Waals surface area contributed by atoms with Gasteiger partial charge in [0, 0.05) is 28.6 Å². The molecule has 0 aromatic rings. The Kier molecular flexibility index (Phi) is 2.70. The Balaban J connectivity index is 2.53. The highest BCUT2D eigenvalue weighted by Gasteiger charge is 2.25. The third-order valence-corrected chi connectivity index (χ3v) is 3.39. The summed E-state index contributed by atoms with van der Waals surface area (Å²) in [5.41, 5.74) is 0.191. The van der Waals surface area contributed by atoms with Crippen molar-refractivity contribution >= 4 is 10.8 Å². The van der Waals surface area contributed by atoms with E-state index in [-0.39, 0.29) is 5.54 Å². The van der Waals surface area contributed by atoms with Gasteiger partial charge in [0.25, 0.3) is 0 Å². The highest BCUT2D eigenvalue weighted by Crippen LogP contribution is 2.17. The molecule has 0 N–H and O–H groups in total. The number of hydrogen-bond donors (Lipinski definition) is 0. The first-order valence-electron chi connectivity index (χ1n) is 4.10. The van der Waals surface area contributed by atoms with Crippen molar-refractivity contribution in [1.29, 1.82) is 0 Å². The summed E-state index contributed by atoms with van der Waals surface area (Å²) in [5.74, 6) is 1.66. The van der Waals surface area contributed by atoms with Crippen LogP contribution in [-0.4, -0.2) is 32.8 Å². The Bertz CT molecular complexity index is 162. The molecule has 0 aromatic heterocycles. The van der Waals surface area contributed by atoms with Crippen LogP contribution in [0, 0.1) is 0 Å². The lowest BCUT2D eigenvalue weighted by Crippen LogP contribution is -2.46. The van der Waals surface area contributed by atoms with Crippen molar-refractivity contribution in [1.82, 2.24) is 4.90 Å². The van der Waals surface area contributed by atoms with Crippen molar-refractivity contribution in [2.75, 3.05) is 18.2 Å². The first-order chi connectivity index (χ1) is 5.00. The van der Waals surface area contributed by atoms with Gasteiger partial charge in [0.05, 0.1) is 5.88 Å². The minimum Gasteiger partial charge on any atom is -0.287 e. The summed E-state index contributed by atoms with van der Waals surface area (Å²) in [7, 11) is -0.591. The van der Waals surface area contributed by atoms with Gasteiger partial charge in [-0.15, -0.1) is 0 Å². The Morgan fingerprint density at radius 2 is 2.00 bits per heavy atom. The van der Waals surface area contributed by atoms with Gasteiger partial charge in [0.2, 0.25) is 0 Å². The molecular weight excluding hydrogens is 158 g/mol. The maximum Gasteiger partial charge on any atom is 0.0751 e. The summed E-state index contributed by atoms with van der Waals surface area (Å²) >= 11 is 0. The predicted molar refractivity (Wildman–Crippen MR) is 49.0 cm³/mol. The summed E-state index contributed by atoms with van der Waals surface area (Å²) in [6, 6.07) is 0. The molecule has 1 unspecified atom stereocenters. The van der Waals surface area contributed by atoms with Crippen LogP contribution in [0.4, 0.5) is 0 Å². The summed E-state index contributed by atoms with van der Waals surface area (Å²) in [6.07, 6.45) is 1.09. The fourth-order valence-corrected chi connectivity index (χ4v) is 2.69. The SMILES string of the molecule is CC(C)(C)N1CCCS(=O)C1. The summed E-state index contributed by atoms with van der Waals surface area (Å²) in [5, 5.41) is 0. The van der Waals surface area contributed by atoms with Crippen LogP contribution in [0.5, 0.6) is 0 Å². The topological polar surface area (TPSA) is 20.3 Å². The van der Waals surface area contributed by atoms with E-state index in [2.05, 4.69) is 25.7 Å². The van der Waals surface area contributed by atoms with Crippen LogP contribution in [0.25, 0.3) is 0 Å². The standard InChI is InChI=1S/C8H17NOS/c1-8(2,3)9-5-4-6-11(10)7-9/h4-7H2,1-3H3.